The molecule has 14 nitrogen and oxygen atoms in total. The number of hydrogen-bond donors (Lipinski definition) is 5. The number of aliphatic carboxylic acids is 1. The number of benzene rings is 1. The maximum Gasteiger partial charge on any atom is 0.323 e. The number of aromatic nitrogens is 2. The molecule has 1 amide bonds. The molecule has 182 valence electrons. The summed E-state index contributed by atoms with van der Waals surface area (Å²) in [5.41, 5.74) is 12.7. The molecule has 1 aliphatic heterocycles. The number of aliphatic imine (C=N–C) groups is 1. The predicted octanol–water partition coefficient (Wildman–Crippen LogP) is -1.24. The molecule has 0 fully saturated rings. The molecule has 3 rings (SSSR count). The van der Waals surface area contributed by atoms with Crippen LogP contribution in [0, 0.1) is 0 Å². The van der Waals surface area contributed by atoms with Gasteiger partial charge in [-0.2, -0.15) is 9.82 Å². The second-order valence-electron chi connectivity index (χ2n) is 7.42. The molecule has 0 aliphatic carbocycles. The molecule has 0 radical (unpaired) electrons. The number of aryl methyl sites for hydroxylation is 1. The summed E-state index contributed by atoms with van der Waals surface area (Å²) in [4.78, 5) is 32.8. The normalized spacial score (nSPS) is 16.3. The number of amides is 1. The highest BCUT2D eigenvalue weighted by molar-refractivity contribution is 7.89. The number of carbonyl (C=O) groups is 2. The summed E-state index contributed by atoms with van der Waals surface area (Å²) in [7, 11) is -2.61. The Hall–Kier alpha value is -3.98. The van der Waals surface area contributed by atoms with Crippen LogP contribution in [0.15, 0.2) is 51.7 Å². The van der Waals surface area contributed by atoms with Crippen LogP contribution in [0.3, 0.4) is 0 Å². The van der Waals surface area contributed by atoms with Crippen LogP contribution < -0.4 is 21.5 Å². The zero-order chi connectivity index (χ0) is 24.9. The minimum absolute atomic E-state index is 0.0598. The lowest BCUT2D eigenvalue weighted by molar-refractivity contribution is -0.138. The van der Waals surface area contributed by atoms with Crippen LogP contribution in [0.1, 0.15) is 18.4 Å². The van der Waals surface area contributed by atoms with Crippen molar-refractivity contribution in [3.05, 3.63) is 42.2 Å². The van der Waals surface area contributed by atoms with E-state index >= 15 is 0 Å². The zero-order valence-corrected chi connectivity index (χ0v) is 18.9. The van der Waals surface area contributed by atoms with Crippen LogP contribution in [0.25, 0.3) is 0 Å². The first-order valence-electron chi connectivity index (χ1n) is 9.96. The number of oxime groups is 1. The number of carboxylic acids is 1. The molecule has 0 unspecified atom stereocenters. The fourth-order valence-electron chi connectivity index (χ4n) is 3.05. The van der Waals surface area contributed by atoms with Crippen molar-refractivity contribution in [1.82, 2.24) is 19.8 Å². The van der Waals surface area contributed by atoms with Crippen LogP contribution >= 0.6 is 0 Å². The number of nitrogens with zero attached hydrogens (tertiary/aromatic N) is 4. The summed E-state index contributed by atoms with van der Waals surface area (Å²) < 4.78 is 28.0. The summed E-state index contributed by atoms with van der Waals surface area (Å²) >= 11 is 0. The SMILES string of the molecule is Cn1cc(S(=O)(=O)N[C@@H](CNC(=O)C[C@@H]2CC(c3ccc(N=C(N)N)cc3)=NO2)C(=O)O)cn1. The molecule has 0 spiro atoms. The first-order chi connectivity index (χ1) is 16.0. The van der Waals surface area contributed by atoms with Crippen molar-refractivity contribution in [3.8, 4) is 0 Å². The van der Waals surface area contributed by atoms with Gasteiger partial charge in [0.05, 0.1) is 24.0 Å². The monoisotopic (exact) mass is 492 g/mol. The maximum atomic E-state index is 12.3. The van der Waals surface area contributed by atoms with E-state index in [0.29, 0.717) is 17.8 Å². The highest BCUT2D eigenvalue weighted by Gasteiger charge is 2.28. The first kappa shape index (κ1) is 24.7. The number of carbonyl (C=O) groups excluding carboxylic acids is 1. The largest absolute Gasteiger partial charge is 0.480 e. The molecule has 34 heavy (non-hydrogen) atoms. The van der Waals surface area contributed by atoms with E-state index in [1.165, 1.54) is 17.9 Å². The lowest BCUT2D eigenvalue weighted by Gasteiger charge is -2.15. The average molecular weight is 493 g/mol. The Bertz CT molecular complexity index is 1220. The van der Waals surface area contributed by atoms with Crippen LogP contribution in [0.4, 0.5) is 5.69 Å². The smallest absolute Gasteiger partial charge is 0.323 e. The van der Waals surface area contributed by atoms with Gasteiger partial charge in [-0.25, -0.2) is 13.4 Å². The molecule has 0 saturated heterocycles. The van der Waals surface area contributed by atoms with Crippen molar-refractivity contribution < 1.29 is 28.0 Å². The second kappa shape index (κ2) is 10.3. The lowest BCUT2D eigenvalue weighted by atomic mass is 10.0. The second-order valence-corrected chi connectivity index (χ2v) is 9.14. The van der Waals surface area contributed by atoms with Gasteiger partial charge in [0.2, 0.25) is 15.9 Å². The molecule has 2 heterocycles. The number of nitrogens with two attached hydrogens (primary N) is 2. The fraction of sp³-hybridized carbons (Fsp3) is 0.316. The van der Waals surface area contributed by atoms with Crippen LogP contribution in [-0.4, -0.2) is 65.5 Å². The Balaban J connectivity index is 1.50. The van der Waals surface area contributed by atoms with Gasteiger partial charge in [-0.3, -0.25) is 14.3 Å². The van der Waals surface area contributed by atoms with Gasteiger partial charge in [-0.05, 0) is 17.7 Å². The van der Waals surface area contributed by atoms with Gasteiger partial charge in [0.1, 0.15) is 17.0 Å². The third-order valence-electron chi connectivity index (χ3n) is 4.70. The first-order valence-corrected chi connectivity index (χ1v) is 11.4. The number of guanidine groups is 1. The number of sulfonamides is 1. The van der Waals surface area contributed by atoms with Gasteiger partial charge >= 0.3 is 5.97 Å². The lowest BCUT2D eigenvalue weighted by Crippen LogP contribution is -2.48. The summed E-state index contributed by atoms with van der Waals surface area (Å²) in [6, 6.07) is 5.36. The summed E-state index contributed by atoms with van der Waals surface area (Å²) in [6.07, 6.45) is 2.01. The molecule has 2 aromatic rings. The molecule has 7 N–H and O–H groups in total. The van der Waals surface area contributed by atoms with E-state index in [1.807, 2.05) is 4.72 Å². The van der Waals surface area contributed by atoms with Crippen LogP contribution in [0.2, 0.25) is 0 Å². The molecule has 1 aromatic heterocycles. The number of rotatable bonds is 10. The highest BCUT2D eigenvalue weighted by Crippen LogP contribution is 2.21. The molecule has 15 heteroatoms. The summed E-state index contributed by atoms with van der Waals surface area (Å²) in [6.45, 7) is -0.458. The van der Waals surface area contributed by atoms with Crippen molar-refractivity contribution in [3.63, 3.8) is 0 Å². The number of nitrogens with one attached hydrogen (secondary N) is 2. The summed E-state index contributed by atoms with van der Waals surface area (Å²) in [5.74, 6) is -2.02. The molecular weight excluding hydrogens is 468 g/mol. The Morgan fingerprint density at radius 3 is 2.62 bits per heavy atom. The topological polar surface area (TPSA) is 216 Å². The molecule has 1 aromatic carbocycles. The summed E-state index contributed by atoms with van der Waals surface area (Å²) in [5, 5.41) is 19.5. The van der Waals surface area contributed by atoms with Crippen LogP contribution in [0.5, 0.6) is 0 Å². The molecule has 2 atom stereocenters. The maximum absolute atomic E-state index is 12.3. The quantitative estimate of drug-likeness (QED) is 0.197. The Morgan fingerprint density at radius 1 is 1.32 bits per heavy atom. The van der Waals surface area contributed by atoms with E-state index < -0.39 is 40.6 Å². The van der Waals surface area contributed by atoms with Crippen molar-refractivity contribution >= 4 is 39.3 Å². The minimum Gasteiger partial charge on any atom is -0.480 e. The Morgan fingerprint density at radius 2 is 2.03 bits per heavy atom. The van der Waals surface area contributed by atoms with Gasteiger partial charge in [0, 0.05) is 26.2 Å². The molecular formula is C19H24N8O6S. The van der Waals surface area contributed by atoms with E-state index in [-0.39, 0.29) is 17.3 Å². The number of hydrogen-bond acceptors (Lipinski definition) is 8. The standard InChI is InChI=1S/C19H24N8O6S/c1-27-10-14(8-23-27)34(31,32)26-16(18(29)30)9-22-17(28)7-13-6-15(25-33-13)11-2-4-12(5-3-11)24-19(20)21/h2-5,8,10,13,16,26H,6-7,9H2,1H3,(H,22,28)(H,29,30)(H4,20,21,24)/t13-,16-/m0/s1. The van der Waals surface area contributed by atoms with Crippen molar-refractivity contribution in [2.75, 3.05) is 6.54 Å². The van der Waals surface area contributed by atoms with Gasteiger partial charge in [-0.15, -0.1) is 0 Å². The van der Waals surface area contributed by atoms with Crippen molar-refractivity contribution in [2.45, 2.75) is 29.9 Å². The van der Waals surface area contributed by atoms with Gasteiger partial charge < -0.3 is 26.7 Å². The third kappa shape index (κ3) is 6.52. The Kier molecular flexibility index (Phi) is 7.47. The molecule has 0 bridgehead atoms. The molecule has 1 aliphatic rings. The predicted molar refractivity (Wildman–Crippen MR) is 121 cm³/mol. The van der Waals surface area contributed by atoms with E-state index in [4.69, 9.17) is 16.3 Å². The Labute approximate surface area is 194 Å². The van der Waals surface area contributed by atoms with E-state index in [0.717, 1.165) is 11.8 Å². The number of carboxylic acid groups (broad SMARTS) is 1. The van der Waals surface area contributed by atoms with E-state index in [1.54, 1.807) is 24.3 Å². The zero-order valence-electron chi connectivity index (χ0n) is 18.1. The minimum atomic E-state index is -4.13. The van der Waals surface area contributed by atoms with E-state index in [9.17, 15) is 23.1 Å². The van der Waals surface area contributed by atoms with Gasteiger partial charge in [0.25, 0.3) is 0 Å². The van der Waals surface area contributed by atoms with Crippen molar-refractivity contribution in [1.29, 1.82) is 0 Å². The van der Waals surface area contributed by atoms with E-state index in [2.05, 4.69) is 20.6 Å². The fourth-order valence-corrected chi connectivity index (χ4v) is 4.22. The van der Waals surface area contributed by atoms with Gasteiger partial charge in [-0.1, -0.05) is 17.3 Å². The highest BCUT2D eigenvalue weighted by atomic mass is 32.2. The average Bonchev–Trinajstić information content (AvgIpc) is 3.40. The van der Waals surface area contributed by atoms with Crippen LogP contribution in [-0.2, 0) is 31.5 Å². The third-order valence-corrected chi connectivity index (χ3v) is 6.12. The van der Waals surface area contributed by atoms with Crippen molar-refractivity contribution in [2.24, 2.45) is 28.7 Å². The molecule has 0 saturated carbocycles. The van der Waals surface area contributed by atoms with Gasteiger partial charge in [0.15, 0.2) is 5.96 Å².